The van der Waals surface area contributed by atoms with E-state index in [0.717, 1.165) is 22.5 Å². The summed E-state index contributed by atoms with van der Waals surface area (Å²) in [5, 5.41) is 4.08. The Morgan fingerprint density at radius 3 is 2.47 bits per heavy atom. The van der Waals surface area contributed by atoms with E-state index in [4.69, 9.17) is 4.74 Å². The highest BCUT2D eigenvalue weighted by molar-refractivity contribution is 5.46. The van der Waals surface area contributed by atoms with Crippen LogP contribution >= 0.6 is 0 Å². The van der Waals surface area contributed by atoms with Gasteiger partial charge in [-0.05, 0) is 61.7 Å². The molecule has 1 fully saturated rings. The van der Waals surface area contributed by atoms with Gasteiger partial charge in [-0.25, -0.2) is 18.6 Å². The molecule has 7 nitrogen and oxygen atoms in total. The van der Waals surface area contributed by atoms with Crippen molar-refractivity contribution in [2.45, 2.75) is 31.8 Å². The number of hydrogen-bond donors (Lipinski definition) is 0. The van der Waals surface area contributed by atoms with Gasteiger partial charge in [0.05, 0.1) is 12.2 Å². The third kappa shape index (κ3) is 4.28. The first kappa shape index (κ1) is 21.8. The Labute approximate surface area is 194 Å². The minimum Gasteiger partial charge on any atom is -0.457 e. The monoisotopic (exact) mass is 463 g/mol. The summed E-state index contributed by atoms with van der Waals surface area (Å²) in [6, 6.07) is 14.7. The van der Waals surface area contributed by atoms with Crippen LogP contribution in [0.2, 0.25) is 0 Å². The van der Waals surface area contributed by atoms with Crippen molar-refractivity contribution in [2.75, 3.05) is 11.9 Å². The zero-order chi connectivity index (χ0) is 23.7. The van der Waals surface area contributed by atoms with Crippen molar-refractivity contribution in [2.24, 2.45) is 0 Å². The lowest BCUT2D eigenvalue weighted by Crippen LogP contribution is -2.37. The zero-order valence-electron chi connectivity index (χ0n) is 18.6. The molecule has 0 amide bonds. The van der Waals surface area contributed by atoms with Gasteiger partial charge in [0, 0.05) is 30.9 Å². The van der Waals surface area contributed by atoms with Crippen molar-refractivity contribution in [1.82, 2.24) is 19.3 Å². The molecule has 0 N–H and O–H groups in total. The number of hydrogen-bond acceptors (Lipinski definition) is 5. The number of nitrogens with zero attached hydrogens (tertiary/aromatic N) is 5. The molecular formula is C25H23F2N5O2. The summed E-state index contributed by atoms with van der Waals surface area (Å²) in [7, 11) is 2.04. The molecule has 1 saturated carbocycles. The summed E-state index contributed by atoms with van der Waals surface area (Å²) in [5.74, 6) is 0.700. The second kappa shape index (κ2) is 9.09. The molecule has 5 rings (SSSR count). The summed E-state index contributed by atoms with van der Waals surface area (Å²) in [6.07, 6.45) is 6.58. The standard InChI is InChI=1S/C25H23F2N5O2/c1-30(17-4-2-5-17)24-14-20(12-13-28-24)34-19-10-8-18(9-11-19)32-25(33)31(16-29-32)15-21-22(26)6-3-7-23(21)27/h3,6-14,16-17H,2,4-5,15H2,1H3. The van der Waals surface area contributed by atoms with Gasteiger partial charge in [0.1, 0.15) is 35.3 Å². The van der Waals surface area contributed by atoms with Crippen LogP contribution in [0.15, 0.2) is 71.9 Å². The van der Waals surface area contributed by atoms with Gasteiger partial charge in [-0.3, -0.25) is 4.57 Å². The molecule has 2 aromatic heterocycles. The molecule has 0 saturated heterocycles. The van der Waals surface area contributed by atoms with Crippen molar-refractivity contribution < 1.29 is 13.5 Å². The summed E-state index contributed by atoms with van der Waals surface area (Å²) in [6.45, 7) is -0.252. The number of ether oxygens (including phenoxy) is 1. The van der Waals surface area contributed by atoms with Crippen molar-refractivity contribution in [1.29, 1.82) is 0 Å². The smallest absolute Gasteiger partial charge is 0.350 e. The topological polar surface area (TPSA) is 65.2 Å². The summed E-state index contributed by atoms with van der Waals surface area (Å²) in [4.78, 5) is 19.4. The van der Waals surface area contributed by atoms with E-state index in [0.29, 0.717) is 23.2 Å². The molecule has 1 aliphatic carbocycles. The van der Waals surface area contributed by atoms with Gasteiger partial charge in [-0.15, -0.1) is 0 Å². The molecule has 0 spiro atoms. The molecule has 34 heavy (non-hydrogen) atoms. The van der Waals surface area contributed by atoms with Crippen LogP contribution in [0.1, 0.15) is 24.8 Å². The Balaban J connectivity index is 1.31. The van der Waals surface area contributed by atoms with Crippen LogP contribution in [0.4, 0.5) is 14.6 Å². The first-order valence-electron chi connectivity index (χ1n) is 11.0. The fraction of sp³-hybridized carbons (Fsp3) is 0.240. The summed E-state index contributed by atoms with van der Waals surface area (Å²) in [5.41, 5.74) is -0.188. The Kier molecular flexibility index (Phi) is 5.83. The molecule has 4 aromatic rings. The van der Waals surface area contributed by atoms with Crippen LogP contribution in [-0.2, 0) is 6.54 Å². The number of aromatic nitrogens is 4. The third-order valence-corrected chi connectivity index (χ3v) is 6.14. The Hall–Kier alpha value is -4.01. The van der Waals surface area contributed by atoms with Gasteiger partial charge in [-0.2, -0.15) is 9.78 Å². The van der Waals surface area contributed by atoms with Gasteiger partial charge in [-0.1, -0.05) is 6.07 Å². The number of benzene rings is 2. The Morgan fingerprint density at radius 1 is 1.06 bits per heavy atom. The number of rotatable bonds is 7. The second-order valence-corrected chi connectivity index (χ2v) is 8.29. The normalized spacial score (nSPS) is 13.5. The molecule has 0 atom stereocenters. The van der Waals surface area contributed by atoms with Gasteiger partial charge in [0.25, 0.3) is 0 Å². The van der Waals surface area contributed by atoms with Crippen molar-refractivity contribution in [3.05, 3.63) is 94.8 Å². The van der Waals surface area contributed by atoms with Gasteiger partial charge in [0.2, 0.25) is 0 Å². The quantitative estimate of drug-likeness (QED) is 0.403. The lowest BCUT2D eigenvalue weighted by Gasteiger charge is -2.35. The van der Waals surface area contributed by atoms with Crippen molar-refractivity contribution in [3.63, 3.8) is 0 Å². The zero-order valence-corrected chi connectivity index (χ0v) is 18.6. The highest BCUT2D eigenvalue weighted by Crippen LogP contribution is 2.30. The Morgan fingerprint density at radius 2 is 1.79 bits per heavy atom. The lowest BCUT2D eigenvalue weighted by atomic mass is 9.92. The first-order valence-corrected chi connectivity index (χ1v) is 11.0. The van der Waals surface area contributed by atoms with E-state index in [1.54, 1.807) is 36.5 Å². The van der Waals surface area contributed by atoms with E-state index in [1.807, 2.05) is 13.1 Å². The van der Waals surface area contributed by atoms with E-state index in [-0.39, 0.29) is 12.1 Å². The molecule has 0 unspecified atom stereocenters. The molecule has 0 bridgehead atoms. The SMILES string of the molecule is CN(c1cc(Oc2ccc(-n3ncn(Cc4c(F)cccc4F)c3=O)cc2)ccn1)C1CCC1. The Bertz CT molecular complexity index is 1340. The number of pyridine rings is 1. The van der Waals surface area contributed by atoms with E-state index in [9.17, 15) is 13.6 Å². The molecule has 0 radical (unpaired) electrons. The average Bonchev–Trinajstić information content (AvgIpc) is 3.16. The molecule has 1 aliphatic rings. The van der Waals surface area contributed by atoms with E-state index < -0.39 is 17.3 Å². The lowest BCUT2D eigenvalue weighted by molar-refractivity contribution is 0.398. The van der Waals surface area contributed by atoms with Crippen LogP contribution in [0.5, 0.6) is 11.5 Å². The van der Waals surface area contributed by atoms with E-state index >= 15 is 0 Å². The second-order valence-electron chi connectivity index (χ2n) is 8.29. The third-order valence-electron chi connectivity index (χ3n) is 6.14. The number of anilines is 1. The molecular weight excluding hydrogens is 440 g/mol. The minimum atomic E-state index is -0.709. The fourth-order valence-corrected chi connectivity index (χ4v) is 3.88. The van der Waals surface area contributed by atoms with E-state index in [2.05, 4.69) is 15.0 Å². The van der Waals surface area contributed by atoms with Crippen LogP contribution < -0.4 is 15.3 Å². The van der Waals surface area contributed by atoms with Crippen LogP contribution in [-0.4, -0.2) is 32.4 Å². The largest absolute Gasteiger partial charge is 0.457 e. The maximum atomic E-state index is 13.9. The molecule has 2 heterocycles. The van der Waals surface area contributed by atoms with Crippen LogP contribution in [0, 0.1) is 11.6 Å². The van der Waals surface area contributed by atoms with Gasteiger partial charge < -0.3 is 9.64 Å². The van der Waals surface area contributed by atoms with Crippen molar-refractivity contribution >= 4 is 5.82 Å². The maximum absolute atomic E-state index is 13.9. The molecule has 9 heteroatoms. The summed E-state index contributed by atoms with van der Waals surface area (Å²) >= 11 is 0. The molecule has 174 valence electrons. The average molecular weight is 463 g/mol. The van der Waals surface area contributed by atoms with E-state index in [1.165, 1.54) is 36.3 Å². The highest BCUT2D eigenvalue weighted by Gasteiger charge is 2.23. The first-order chi connectivity index (χ1) is 16.5. The molecule has 0 aliphatic heterocycles. The fourth-order valence-electron chi connectivity index (χ4n) is 3.88. The van der Waals surface area contributed by atoms with Crippen molar-refractivity contribution in [3.8, 4) is 17.2 Å². The summed E-state index contributed by atoms with van der Waals surface area (Å²) < 4.78 is 36.2. The minimum absolute atomic E-state index is 0.187. The van der Waals surface area contributed by atoms with Crippen LogP contribution in [0.3, 0.4) is 0 Å². The van der Waals surface area contributed by atoms with Gasteiger partial charge >= 0.3 is 5.69 Å². The predicted molar refractivity (Wildman–Crippen MR) is 124 cm³/mol. The maximum Gasteiger partial charge on any atom is 0.350 e. The number of halogens is 2. The molecule has 2 aromatic carbocycles. The highest BCUT2D eigenvalue weighted by atomic mass is 19.1. The predicted octanol–water partition coefficient (Wildman–Crippen LogP) is 4.54. The van der Waals surface area contributed by atoms with Gasteiger partial charge in [0.15, 0.2) is 0 Å². The van der Waals surface area contributed by atoms with Crippen LogP contribution in [0.25, 0.3) is 5.69 Å².